The van der Waals surface area contributed by atoms with Crippen molar-refractivity contribution in [3.63, 3.8) is 0 Å². The number of hydrogen-bond donors (Lipinski definition) is 3. The minimum absolute atomic E-state index is 0.0201. The van der Waals surface area contributed by atoms with Crippen LogP contribution in [0.25, 0.3) is 0 Å². The van der Waals surface area contributed by atoms with Crippen molar-refractivity contribution in [2.24, 2.45) is 5.92 Å². The first-order valence-corrected chi connectivity index (χ1v) is 7.47. The van der Waals surface area contributed by atoms with Crippen LogP contribution in [0.3, 0.4) is 0 Å². The molecule has 0 unspecified atom stereocenters. The molecule has 7 heteroatoms. The van der Waals surface area contributed by atoms with Gasteiger partial charge in [-0.1, -0.05) is 13.8 Å². The molecule has 0 spiro atoms. The summed E-state index contributed by atoms with van der Waals surface area (Å²) in [5, 5.41) is 9.25. The second kappa shape index (κ2) is 6.74. The number of hydrogen-bond acceptors (Lipinski definition) is 5. The summed E-state index contributed by atoms with van der Waals surface area (Å²) in [5.74, 6) is 0.271. The van der Waals surface area contributed by atoms with Crippen LogP contribution >= 0.6 is 0 Å². The van der Waals surface area contributed by atoms with Crippen LogP contribution in [0.2, 0.25) is 0 Å². The Morgan fingerprint density at radius 3 is 2.68 bits per heavy atom. The van der Waals surface area contributed by atoms with Crippen LogP contribution in [0.15, 0.2) is 23.1 Å². The molecule has 1 aromatic carbocycles. The van der Waals surface area contributed by atoms with Crippen LogP contribution in [-0.4, -0.2) is 33.3 Å². The third-order valence-corrected chi connectivity index (χ3v) is 3.76. The van der Waals surface area contributed by atoms with E-state index in [1.54, 1.807) is 0 Å². The van der Waals surface area contributed by atoms with Crippen molar-refractivity contribution in [3.8, 4) is 5.75 Å². The summed E-state index contributed by atoms with van der Waals surface area (Å²) in [6, 6.07) is 3.76. The van der Waals surface area contributed by atoms with Gasteiger partial charge in [0.2, 0.25) is 10.0 Å². The maximum absolute atomic E-state index is 11.9. The molecule has 1 rings (SSSR count). The molecule has 0 atom stereocenters. The number of phenolic OH excluding ortho intramolecular Hbond substituents is 1. The lowest BCUT2D eigenvalue weighted by Crippen LogP contribution is -2.28. The fraction of sp³-hybridized carbons (Fsp3) is 0.500. The number of aromatic hydroxyl groups is 1. The number of anilines is 1. The zero-order valence-corrected chi connectivity index (χ0v) is 11.9. The Balaban J connectivity index is 2.54. The van der Waals surface area contributed by atoms with Gasteiger partial charge >= 0.3 is 0 Å². The molecule has 108 valence electrons. The van der Waals surface area contributed by atoms with Gasteiger partial charge in [-0.3, -0.25) is 0 Å². The molecule has 4 N–H and O–H groups in total. The predicted molar refractivity (Wildman–Crippen MR) is 73.4 cm³/mol. The summed E-state index contributed by atoms with van der Waals surface area (Å²) in [6.07, 6.45) is 0. The molecule has 0 saturated heterocycles. The van der Waals surface area contributed by atoms with E-state index in [-0.39, 0.29) is 22.9 Å². The zero-order chi connectivity index (χ0) is 14.5. The number of ether oxygens (including phenoxy) is 1. The first kappa shape index (κ1) is 15.7. The van der Waals surface area contributed by atoms with E-state index in [0.717, 1.165) is 0 Å². The van der Waals surface area contributed by atoms with Gasteiger partial charge in [0.1, 0.15) is 5.75 Å². The van der Waals surface area contributed by atoms with Gasteiger partial charge in [-0.2, -0.15) is 0 Å². The number of phenols is 1. The highest BCUT2D eigenvalue weighted by Gasteiger charge is 2.14. The van der Waals surface area contributed by atoms with Crippen molar-refractivity contribution < 1.29 is 18.3 Å². The summed E-state index contributed by atoms with van der Waals surface area (Å²) in [7, 11) is -3.62. The summed E-state index contributed by atoms with van der Waals surface area (Å²) < 4.78 is 31.5. The Kier molecular flexibility index (Phi) is 5.59. The number of benzene rings is 1. The Labute approximate surface area is 113 Å². The summed E-state index contributed by atoms with van der Waals surface area (Å²) in [6.45, 7) is 5.13. The van der Waals surface area contributed by atoms with Crippen molar-refractivity contribution in [1.29, 1.82) is 0 Å². The lowest BCUT2D eigenvalue weighted by Gasteiger charge is -2.09. The van der Waals surface area contributed by atoms with E-state index in [0.29, 0.717) is 19.1 Å². The molecule has 19 heavy (non-hydrogen) atoms. The fourth-order valence-electron chi connectivity index (χ4n) is 1.35. The van der Waals surface area contributed by atoms with Crippen LogP contribution in [0.1, 0.15) is 13.8 Å². The predicted octanol–water partition coefficient (Wildman–Crippen LogP) is 0.925. The summed E-state index contributed by atoms with van der Waals surface area (Å²) in [5.41, 5.74) is 5.49. The summed E-state index contributed by atoms with van der Waals surface area (Å²) in [4.78, 5) is 0.0201. The normalized spacial score (nSPS) is 11.9. The zero-order valence-electron chi connectivity index (χ0n) is 11.1. The van der Waals surface area contributed by atoms with E-state index < -0.39 is 10.0 Å². The molecule has 1 aromatic rings. The molecule has 0 aliphatic rings. The van der Waals surface area contributed by atoms with Crippen molar-refractivity contribution in [3.05, 3.63) is 18.2 Å². The molecular weight excluding hydrogens is 268 g/mol. The minimum Gasteiger partial charge on any atom is -0.506 e. The van der Waals surface area contributed by atoms with E-state index in [1.165, 1.54) is 18.2 Å². The van der Waals surface area contributed by atoms with Crippen molar-refractivity contribution in [2.75, 3.05) is 25.5 Å². The van der Waals surface area contributed by atoms with Gasteiger partial charge in [0.05, 0.1) is 17.2 Å². The minimum atomic E-state index is -3.62. The van der Waals surface area contributed by atoms with E-state index in [1.807, 2.05) is 13.8 Å². The third-order valence-electron chi connectivity index (χ3n) is 2.30. The Morgan fingerprint density at radius 1 is 1.42 bits per heavy atom. The van der Waals surface area contributed by atoms with E-state index >= 15 is 0 Å². The molecule has 0 heterocycles. The highest BCUT2D eigenvalue weighted by molar-refractivity contribution is 7.89. The molecule has 0 radical (unpaired) electrons. The van der Waals surface area contributed by atoms with Gasteiger partial charge in [0.25, 0.3) is 0 Å². The van der Waals surface area contributed by atoms with Crippen LogP contribution in [0.5, 0.6) is 5.75 Å². The number of nitrogens with two attached hydrogens (primary N) is 1. The highest BCUT2D eigenvalue weighted by atomic mass is 32.2. The quantitative estimate of drug-likeness (QED) is 0.393. The second-order valence-corrected chi connectivity index (χ2v) is 6.35. The van der Waals surface area contributed by atoms with Crippen LogP contribution in [-0.2, 0) is 14.8 Å². The van der Waals surface area contributed by atoms with E-state index in [4.69, 9.17) is 10.5 Å². The molecule has 0 bridgehead atoms. The molecule has 0 aliphatic carbocycles. The molecule has 0 saturated carbocycles. The van der Waals surface area contributed by atoms with Crippen LogP contribution in [0, 0.1) is 5.92 Å². The number of nitrogens with one attached hydrogen (secondary N) is 1. The number of sulfonamides is 1. The molecule has 6 nitrogen and oxygen atoms in total. The Morgan fingerprint density at radius 2 is 2.11 bits per heavy atom. The number of nitrogen functional groups attached to an aromatic ring is 1. The molecule has 0 amide bonds. The molecule has 0 aliphatic heterocycles. The monoisotopic (exact) mass is 288 g/mol. The van der Waals surface area contributed by atoms with Gasteiger partial charge < -0.3 is 15.6 Å². The first-order valence-electron chi connectivity index (χ1n) is 5.99. The van der Waals surface area contributed by atoms with Crippen molar-refractivity contribution >= 4 is 15.7 Å². The van der Waals surface area contributed by atoms with E-state index in [2.05, 4.69) is 4.72 Å². The third kappa shape index (κ3) is 5.06. The maximum Gasteiger partial charge on any atom is 0.240 e. The van der Waals surface area contributed by atoms with Gasteiger partial charge in [0, 0.05) is 13.2 Å². The van der Waals surface area contributed by atoms with Crippen molar-refractivity contribution in [2.45, 2.75) is 18.7 Å². The highest BCUT2D eigenvalue weighted by Crippen LogP contribution is 2.22. The Bertz CT molecular complexity index is 514. The average molecular weight is 288 g/mol. The standard InChI is InChI=1S/C12H20N2O4S/c1-9(2)8-18-6-5-14-19(16,17)10-3-4-12(15)11(13)7-10/h3-4,7,9,14-15H,5-6,8,13H2,1-2H3. The molecule has 0 fully saturated rings. The smallest absolute Gasteiger partial charge is 0.240 e. The second-order valence-electron chi connectivity index (χ2n) is 4.59. The van der Waals surface area contributed by atoms with Gasteiger partial charge in [-0.15, -0.1) is 0 Å². The van der Waals surface area contributed by atoms with Gasteiger partial charge in [0.15, 0.2) is 0 Å². The lowest BCUT2D eigenvalue weighted by molar-refractivity contribution is 0.114. The van der Waals surface area contributed by atoms with Crippen molar-refractivity contribution in [1.82, 2.24) is 4.72 Å². The molecular formula is C12H20N2O4S. The topological polar surface area (TPSA) is 102 Å². The lowest BCUT2D eigenvalue weighted by atomic mass is 10.2. The van der Waals surface area contributed by atoms with Gasteiger partial charge in [-0.25, -0.2) is 13.1 Å². The summed E-state index contributed by atoms with van der Waals surface area (Å²) >= 11 is 0. The van der Waals surface area contributed by atoms with Crippen LogP contribution in [0.4, 0.5) is 5.69 Å². The number of rotatable bonds is 7. The Hall–Kier alpha value is -1.31. The fourth-order valence-corrected chi connectivity index (χ4v) is 2.40. The van der Waals surface area contributed by atoms with Gasteiger partial charge in [-0.05, 0) is 24.1 Å². The van der Waals surface area contributed by atoms with E-state index in [9.17, 15) is 13.5 Å². The largest absolute Gasteiger partial charge is 0.506 e. The SMILES string of the molecule is CC(C)COCCNS(=O)(=O)c1ccc(O)c(N)c1. The average Bonchev–Trinajstić information content (AvgIpc) is 2.31. The maximum atomic E-state index is 11.9. The van der Waals surface area contributed by atoms with Crippen LogP contribution < -0.4 is 10.5 Å². The first-order chi connectivity index (χ1) is 8.83. The molecule has 0 aromatic heterocycles.